The second kappa shape index (κ2) is 6.23. The molecule has 2 aromatic rings. The molecule has 2 nitrogen and oxygen atoms in total. The van der Waals surface area contributed by atoms with Crippen LogP contribution in [0.1, 0.15) is 40.4 Å². The first kappa shape index (κ1) is 14.0. The summed E-state index contributed by atoms with van der Waals surface area (Å²) in [6.07, 6.45) is 3.49. The van der Waals surface area contributed by atoms with Crippen LogP contribution in [0.5, 0.6) is 0 Å². The number of fused-ring (bicyclic) bond motifs is 1. The van der Waals surface area contributed by atoms with E-state index in [0.29, 0.717) is 0 Å². The number of carbonyl (C=O) groups excluding carboxylic acids is 1. The summed E-state index contributed by atoms with van der Waals surface area (Å²) < 4.78 is 0. The topological polar surface area (TPSA) is 29.1 Å². The Kier molecular flexibility index (Phi) is 4.16. The van der Waals surface area contributed by atoms with Crippen molar-refractivity contribution in [1.82, 2.24) is 5.32 Å². The van der Waals surface area contributed by atoms with Crippen molar-refractivity contribution in [3.05, 3.63) is 70.8 Å². The van der Waals surface area contributed by atoms with Crippen molar-refractivity contribution in [2.75, 3.05) is 0 Å². The number of Topliss-reactive ketones (excluding diaryl/α,β-unsaturated/α-hetero) is 1. The van der Waals surface area contributed by atoms with Gasteiger partial charge in [-0.1, -0.05) is 42.5 Å². The van der Waals surface area contributed by atoms with Crippen LogP contribution in [0.15, 0.2) is 48.5 Å². The highest BCUT2D eigenvalue weighted by molar-refractivity contribution is 6.00. The minimum atomic E-state index is -0.162. The molecule has 0 aliphatic heterocycles. The average molecular weight is 279 g/mol. The van der Waals surface area contributed by atoms with Crippen LogP contribution in [0.25, 0.3) is 0 Å². The fourth-order valence-electron chi connectivity index (χ4n) is 2.93. The van der Waals surface area contributed by atoms with E-state index in [4.69, 9.17) is 0 Å². The van der Waals surface area contributed by atoms with Gasteiger partial charge in [-0.15, -0.1) is 0 Å². The van der Waals surface area contributed by atoms with Gasteiger partial charge < -0.3 is 5.32 Å². The predicted molar refractivity (Wildman–Crippen MR) is 85.5 cm³/mol. The molecular formula is C19H21NO. The fraction of sp³-hybridized carbons (Fsp3) is 0.316. The van der Waals surface area contributed by atoms with Crippen molar-refractivity contribution >= 4 is 5.78 Å². The van der Waals surface area contributed by atoms with E-state index in [2.05, 4.69) is 29.6 Å². The normalized spacial score (nSPS) is 14.7. The number of hydrogen-bond acceptors (Lipinski definition) is 2. The molecule has 1 N–H and O–H groups in total. The van der Waals surface area contributed by atoms with Gasteiger partial charge in [-0.05, 0) is 48.9 Å². The molecule has 2 heteroatoms. The van der Waals surface area contributed by atoms with Gasteiger partial charge >= 0.3 is 0 Å². The SMILES string of the molecule is CC(NCc1ccccc1)C(=O)c1ccc2c(c1)CCC2. The molecule has 0 bridgehead atoms. The number of nitrogens with one attached hydrogen (secondary N) is 1. The van der Waals surface area contributed by atoms with E-state index in [0.717, 1.165) is 24.9 Å². The van der Waals surface area contributed by atoms with Gasteiger partial charge in [-0.25, -0.2) is 0 Å². The zero-order valence-electron chi connectivity index (χ0n) is 12.4. The number of aryl methyl sites for hydroxylation is 2. The van der Waals surface area contributed by atoms with Crippen LogP contribution in [-0.4, -0.2) is 11.8 Å². The van der Waals surface area contributed by atoms with Crippen molar-refractivity contribution in [3.63, 3.8) is 0 Å². The van der Waals surface area contributed by atoms with Gasteiger partial charge in [0.2, 0.25) is 0 Å². The van der Waals surface area contributed by atoms with E-state index < -0.39 is 0 Å². The average Bonchev–Trinajstić information content (AvgIpc) is 3.00. The van der Waals surface area contributed by atoms with Crippen LogP contribution in [0.4, 0.5) is 0 Å². The van der Waals surface area contributed by atoms with E-state index in [1.165, 1.54) is 23.1 Å². The van der Waals surface area contributed by atoms with Gasteiger partial charge in [0.05, 0.1) is 6.04 Å². The van der Waals surface area contributed by atoms with Gasteiger partial charge in [-0.2, -0.15) is 0 Å². The summed E-state index contributed by atoms with van der Waals surface area (Å²) in [4.78, 5) is 12.5. The van der Waals surface area contributed by atoms with E-state index in [1.54, 1.807) is 0 Å². The smallest absolute Gasteiger partial charge is 0.179 e. The summed E-state index contributed by atoms with van der Waals surface area (Å²) in [5.74, 6) is 0.181. The van der Waals surface area contributed by atoms with E-state index in [9.17, 15) is 4.79 Å². The third-order valence-electron chi connectivity index (χ3n) is 4.23. The lowest BCUT2D eigenvalue weighted by Gasteiger charge is -2.13. The molecule has 2 aromatic carbocycles. The summed E-state index contributed by atoms with van der Waals surface area (Å²) in [7, 11) is 0. The van der Waals surface area contributed by atoms with Crippen LogP contribution in [0.2, 0.25) is 0 Å². The Morgan fingerprint density at radius 2 is 1.86 bits per heavy atom. The molecule has 0 saturated heterocycles. The molecule has 0 saturated carbocycles. The van der Waals surface area contributed by atoms with Crippen molar-refractivity contribution < 1.29 is 4.79 Å². The second-order valence-electron chi connectivity index (χ2n) is 5.79. The zero-order valence-corrected chi connectivity index (χ0v) is 12.4. The molecule has 21 heavy (non-hydrogen) atoms. The lowest BCUT2D eigenvalue weighted by atomic mass is 10.0. The molecule has 1 aliphatic rings. The maximum absolute atomic E-state index is 12.5. The molecule has 1 atom stereocenters. The predicted octanol–water partition coefficient (Wildman–Crippen LogP) is 3.54. The Labute approximate surface area is 126 Å². The van der Waals surface area contributed by atoms with Crippen LogP contribution >= 0.6 is 0 Å². The molecule has 1 aliphatic carbocycles. The maximum atomic E-state index is 12.5. The van der Waals surface area contributed by atoms with Crippen LogP contribution < -0.4 is 5.32 Å². The van der Waals surface area contributed by atoms with Gasteiger partial charge in [0, 0.05) is 12.1 Å². The van der Waals surface area contributed by atoms with Crippen molar-refractivity contribution in [2.24, 2.45) is 0 Å². The molecule has 0 amide bonds. The Morgan fingerprint density at radius 1 is 1.10 bits per heavy atom. The number of benzene rings is 2. The van der Waals surface area contributed by atoms with Crippen LogP contribution in [0, 0.1) is 0 Å². The molecule has 0 aromatic heterocycles. The van der Waals surface area contributed by atoms with Crippen LogP contribution in [0.3, 0.4) is 0 Å². The lowest BCUT2D eigenvalue weighted by molar-refractivity contribution is 0.0950. The molecule has 3 rings (SSSR count). The molecular weight excluding hydrogens is 258 g/mol. The highest BCUT2D eigenvalue weighted by Gasteiger charge is 2.18. The minimum absolute atomic E-state index is 0.162. The van der Waals surface area contributed by atoms with Crippen molar-refractivity contribution in [2.45, 2.75) is 38.8 Å². The number of ketones is 1. The van der Waals surface area contributed by atoms with Gasteiger partial charge in [0.1, 0.15) is 0 Å². The Balaban J connectivity index is 1.64. The monoisotopic (exact) mass is 279 g/mol. The van der Waals surface area contributed by atoms with Crippen molar-refractivity contribution in [3.8, 4) is 0 Å². The van der Waals surface area contributed by atoms with E-state index in [1.807, 2.05) is 31.2 Å². The molecule has 1 unspecified atom stereocenters. The van der Waals surface area contributed by atoms with E-state index >= 15 is 0 Å². The lowest BCUT2D eigenvalue weighted by Crippen LogP contribution is -2.33. The maximum Gasteiger partial charge on any atom is 0.179 e. The first-order chi connectivity index (χ1) is 10.2. The molecule has 0 spiro atoms. The number of hydrogen-bond donors (Lipinski definition) is 1. The summed E-state index contributed by atoms with van der Waals surface area (Å²) in [5.41, 5.74) is 4.81. The zero-order chi connectivity index (χ0) is 14.7. The number of rotatable bonds is 5. The quantitative estimate of drug-likeness (QED) is 0.848. The molecule has 0 fully saturated rings. The molecule has 108 valence electrons. The minimum Gasteiger partial charge on any atom is -0.303 e. The van der Waals surface area contributed by atoms with Crippen molar-refractivity contribution in [1.29, 1.82) is 0 Å². The molecule has 0 heterocycles. The third-order valence-corrected chi connectivity index (χ3v) is 4.23. The standard InChI is InChI=1S/C19H21NO/c1-14(20-13-15-6-3-2-4-7-15)19(21)18-11-10-16-8-5-9-17(16)12-18/h2-4,6-7,10-12,14,20H,5,8-9,13H2,1H3. The fourth-order valence-corrected chi connectivity index (χ4v) is 2.93. The van der Waals surface area contributed by atoms with Gasteiger partial charge in [0.25, 0.3) is 0 Å². The summed E-state index contributed by atoms with van der Waals surface area (Å²) in [6.45, 7) is 2.66. The first-order valence-electron chi connectivity index (χ1n) is 7.67. The number of carbonyl (C=O) groups is 1. The summed E-state index contributed by atoms with van der Waals surface area (Å²) in [5, 5.41) is 3.32. The Morgan fingerprint density at radius 3 is 2.67 bits per heavy atom. The Bertz CT molecular complexity index is 633. The Hall–Kier alpha value is -1.93. The summed E-state index contributed by atoms with van der Waals surface area (Å²) in [6, 6.07) is 16.2. The second-order valence-corrected chi connectivity index (χ2v) is 5.79. The molecule has 0 radical (unpaired) electrons. The van der Waals surface area contributed by atoms with E-state index in [-0.39, 0.29) is 11.8 Å². The highest BCUT2D eigenvalue weighted by Crippen LogP contribution is 2.23. The first-order valence-corrected chi connectivity index (χ1v) is 7.67. The van der Waals surface area contributed by atoms with Crippen LogP contribution in [-0.2, 0) is 19.4 Å². The third kappa shape index (κ3) is 3.22. The van der Waals surface area contributed by atoms with Gasteiger partial charge in [0.15, 0.2) is 5.78 Å². The largest absolute Gasteiger partial charge is 0.303 e. The summed E-state index contributed by atoms with van der Waals surface area (Å²) >= 11 is 0. The van der Waals surface area contributed by atoms with Gasteiger partial charge in [-0.3, -0.25) is 4.79 Å². The highest BCUT2D eigenvalue weighted by atomic mass is 16.1.